The summed E-state index contributed by atoms with van der Waals surface area (Å²) in [6.07, 6.45) is 1.45. The molecule has 2 rings (SSSR count). The fourth-order valence-electron chi connectivity index (χ4n) is 1.67. The highest BCUT2D eigenvalue weighted by atomic mass is 35.5. The van der Waals surface area contributed by atoms with Gasteiger partial charge >= 0.3 is 0 Å². The quantitative estimate of drug-likeness (QED) is 0.723. The molecule has 2 aromatic rings. The second-order valence-electron chi connectivity index (χ2n) is 4.33. The fourth-order valence-corrected chi connectivity index (χ4v) is 1.84. The van der Waals surface area contributed by atoms with E-state index in [1.54, 1.807) is 12.1 Å². The third kappa shape index (κ3) is 3.86. The largest absolute Gasteiger partial charge is 0.507 e. The van der Waals surface area contributed by atoms with Gasteiger partial charge in [0, 0.05) is 17.3 Å². The Labute approximate surface area is 130 Å². The van der Waals surface area contributed by atoms with Gasteiger partial charge in [-0.1, -0.05) is 17.7 Å². The van der Waals surface area contributed by atoms with Crippen LogP contribution >= 0.6 is 11.6 Å². The lowest BCUT2D eigenvalue weighted by atomic mass is 10.2. The molecule has 0 spiro atoms. The van der Waals surface area contributed by atoms with Crippen molar-refractivity contribution >= 4 is 23.4 Å². The second kappa shape index (κ2) is 6.77. The van der Waals surface area contributed by atoms with Crippen LogP contribution in [0.2, 0.25) is 5.02 Å². The van der Waals surface area contributed by atoms with E-state index < -0.39 is 11.8 Å². The lowest BCUT2D eigenvalue weighted by Gasteiger charge is -2.09. The molecule has 1 aromatic heterocycles. The van der Waals surface area contributed by atoms with E-state index >= 15 is 0 Å². The fraction of sp³-hybridized carbons (Fsp3) is 0.0714. The monoisotopic (exact) mass is 321 g/mol. The van der Waals surface area contributed by atoms with Crippen molar-refractivity contribution in [3.8, 4) is 5.75 Å². The zero-order valence-corrected chi connectivity index (χ0v) is 12.0. The summed E-state index contributed by atoms with van der Waals surface area (Å²) in [5.74, 6) is -1.59. The van der Waals surface area contributed by atoms with Crippen molar-refractivity contribution in [2.24, 2.45) is 0 Å². The van der Waals surface area contributed by atoms with E-state index in [1.165, 1.54) is 35.0 Å². The molecule has 0 atom stereocenters. The number of aromatic hydroxyl groups is 1. The predicted molar refractivity (Wildman–Crippen MR) is 79.4 cm³/mol. The van der Waals surface area contributed by atoms with Crippen molar-refractivity contribution in [3.05, 3.63) is 63.5 Å². The number of amides is 2. The highest BCUT2D eigenvalue weighted by Gasteiger charge is 2.12. The molecule has 2 amide bonds. The summed E-state index contributed by atoms with van der Waals surface area (Å²) >= 11 is 5.73. The minimum absolute atomic E-state index is 0.0790. The Hall–Kier alpha value is -2.80. The number of hydrazine groups is 1. The number of carbonyl (C=O) groups is 2. The lowest BCUT2D eigenvalue weighted by Crippen LogP contribution is -2.44. The van der Waals surface area contributed by atoms with Crippen LogP contribution in [0.5, 0.6) is 5.75 Å². The maximum absolute atomic E-state index is 11.8. The number of nitrogens with one attached hydrogen (secondary N) is 2. The highest BCUT2D eigenvalue weighted by molar-refractivity contribution is 6.31. The molecular weight excluding hydrogens is 310 g/mol. The Morgan fingerprint density at radius 2 is 1.95 bits per heavy atom. The first-order valence-corrected chi connectivity index (χ1v) is 6.58. The Bertz CT molecular complexity index is 773. The average molecular weight is 322 g/mol. The van der Waals surface area contributed by atoms with Crippen molar-refractivity contribution in [1.29, 1.82) is 0 Å². The van der Waals surface area contributed by atoms with Gasteiger partial charge in [0.05, 0.1) is 5.56 Å². The van der Waals surface area contributed by atoms with Crippen LogP contribution < -0.4 is 16.4 Å². The Kier molecular flexibility index (Phi) is 4.80. The van der Waals surface area contributed by atoms with E-state index in [0.717, 1.165) is 0 Å². The van der Waals surface area contributed by atoms with Gasteiger partial charge in [-0.3, -0.25) is 25.2 Å². The third-order valence-corrected chi connectivity index (χ3v) is 2.97. The van der Waals surface area contributed by atoms with Crippen LogP contribution in [0.15, 0.2) is 47.4 Å². The van der Waals surface area contributed by atoms with Gasteiger partial charge in [-0.2, -0.15) is 0 Å². The number of hydrogen-bond acceptors (Lipinski definition) is 4. The Balaban J connectivity index is 1.96. The summed E-state index contributed by atoms with van der Waals surface area (Å²) in [6.45, 7) is -0.249. The van der Waals surface area contributed by atoms with Gasteiger partial charge in [-0.15, -0.1) is 0 Å². The Morgan fingerprint density at radius 1 is 1.18 bits per heavy atom. The first-order chi connectivity index (χ1) is 10.5. The molecule has 1 aromatic carbocycles. The number of carbonyl (C=O) groups excluding carboxylic acids is 2. The molecule has 0 bridgehead atoms. The molecule has 0 fully saturated rings. The molecule has 3 N–H and O–H groups in total. The molecule has 22 heavy (non-hydrogen) atoms. The molecule has 0 aliphatic heterocycles. The smallest absolute Gasteiger partial charge is 0.273 e. The van der Waals surface area contributed by atoms with Crippen LogP contribution in [0.3, 0.4) is 0 Å². The maximum Gasteiger partial charge on any atom is 0.273 e. The number of rotatable bonds is 3. The van der Waals surface area contributed by atoms with Crippen LogP contribution in [0, 0.1) is 0 Å². The van der Waals surface area contributed by atoms with Crippen LogP contribution in [0.1, 0.15) is 10.4 Å². The number of nitrogens with zero attached hydrogens (tertiary/aromatic N) is 1. The summed E-state index contributed by atoms with van der Waals surface area (Å²) in [5.41, 5.74) is 3.87. The molecular formula is C14H12ClN3O4. The van der Waals surface area contributed by atoms with E-state index in [0.29, 0.717) is 0 Å². The van der Waals surface area contributed by atoms with Gasteiger partial charge in [-0.05, 0) is 24.3 Å². The summed E-state index contributed by atoms with van der Waals surface area (Å²) in [5, 5.41) is 9.83. The van der Waals surface area contributed by atoms with E-state index in [2.05, 4.69) is 10.9 Å². The molecule has 0 radical (unpaired) electrons. The van der Waals surface area contributed by atoms with Gasteiger partial charge in [0.1, 0.15) is 12.3 Å². The van der Waals surface area contributed by atoms with E-state index in [9.17, 15) is 19.5 Å². The van der Waals surface area contributed by atoms with Crippen molar-refractivity contribution in [2.45, 2.75) is 6.54 Å². The Morgan fingerprint density at radius 3 is 2.68 bits per heavy atom. The summed E-state index contributed by atoms with van der Waals surface area (Å²) in [7, 11) is 0. The van der Waals surface area contributed by atoms with Crippen LogP contribution in [0.4, 0.5) is 0 Å². The molecule has 0 aliphatic rings. The summed E-state index contributed by atoms with van der Waals surface area (Å²) in [4.78, 5) is 35.0. The molecule has 114 valence electrons. The number of hydrogen-bond donors (Lipinski definition) is 3. The average Bonchev–Trinajstić information content (AvgIpc) is 2.49. The molecule has 0 aliphatic carbocycles. The zero-order valence-electron chi connectivity index (χ0n) is 11.2. The number of halogens is 1. The molecule has 0 unspecified atom stereocenters. The van der Waals surface area contributed by atoms with Gasteiger partial charge in [0.2, 0.25) is 0 Å². The molecule has 7 nitrogen and oxygen atoms in total. The standard InChI is InChI=1S/C14H12ClN3O4/c15-9-4-5-11(19)10(7-9)14(22)17-16-12(20)8-18-6-2-1-3-13(18)21/h1-7,19H,8H2,(H,16,20)(H,17,22). The number of phenolic OH excluding ortho intramolecular Hbond substituents is 1. The number of aromatic nitrogens is 1. The van der Waals surface area contributed by atoms with E-state index in [1.807, 2.05) is 0 Å². The minimum Gasteiger partial charge on any atom is -0.507 e. The third-order valence-electron chi connectivity index (χ3n) is 2.73. The molecule has 0 saturated heterocycles. The van der Waals surface area contributed by atoms with Crippen LogP contribution in [-0.4, -0.2) is 21.5 Å². The van der Waals surface area contributed by atoms with Gasteiger partial charge < -0.3 is 9.67 Å². The van der Waals surface area contributed by atoms with Crippen LogP contribution in [0.25, 0.3) is 0 Å². The highest BCUT2D eigenvalue weighted by Crippen LogP contribution is 2.20. The maximum atomic E-state index is 11.8. The van der Waals surface area contributed by atoms with E-state index in [-0.39, 0.29) is 28.4 Å². The predicted octanol–water partition coefficient (Wildman–Crippen LogP) is 0.668. The number of pyridine rings is 1. The lowest BCUT2D eigenvalue weighted by molar-refractivity contribution is -0.122. The van der Waals surface area contributed by atoms with Gasteiger partial charge in [0.15, 0.2) is 0 Å². The van der Waals surface area contributed by atoms with Crippen molar-refractivity contribution < 1.29 is 14.7 Å². The SMILES string of the molecule is O=C(Cn1ccccc1=O)NNC(=O)c1cc(Cl)ccc1O. The summed E-state index contributed by atoms with van der Waals surface area (Å²) in [6, 6.07) is 8.43. The van der Waals surface area contributed by atoms with Gasteiger partial charge in [-0.25, -0.2) is 0 Å². The molecule has 1 heterocycles. The van der Waals surface area contributed by atoms with Crippen molar-refractivity contribution in [2.75, 3.05) is 0 Å². The molecule has 0 saturated carbocycles. The minimum atomic E-state index is -0.728. The van der Waals surface area contributed by atoms with E-state index in [4.69, 9.17) is 11.6 Å². The van der Waals surface area contributed by atoms with Gasteiger partial charge in [0.25, 0.3) is 17.4 Å². The summed E-state index contributed by atoms with van der Waals surface area (Å²) < 4.78 is 1.18. The van der Waals surface area contributed by atoms with Crippen LogP contribution in [-0.2, 0) is 11.3 Å². The first kappa shape index (κ1) is 15.6. The van der Waals surface area contributed by atoms with Crippen molar-refractivity contribution in [1.82, 2.24) is 15.4 Å². The van der Waals surface area contributed by atoms with Crippen molar-refractivity contribution in [3.63, 3.8) is 0 Å². The first-order valence-electron chi connectivity index (χ1n) is 6.20. The zero-order chi connectivity index (χ0) is 16.1. The number of phenols is 1. The topological polar surface area (TPSA) is 100 Å². The second-order valence-corrected chi connectivity index (χ2v) is 4.77. The normalized spacial score (nSPS) is 10.0. The molecule has 8 heteroatoms. The number of benzene rings is 1.